The molecule has 94 valence electrons. The first-order valence-corrected chi connectivity index (χ1v) is 5.66. The normalized spacial score (nSPS) is 10.1. The van der Waals surface area contributed by atoms with E-state index in [1.807, 2.05) is 26.1 Å². The van der Waals surface area contributed by atoms with Crippen molar-refractivity contribution in [2.45, 2.75) is 13.5 Å². The molecule has 5 heteroatoms. The Labute approximate surface area is 105 Å². The molecule has 0 aliphatic rings. The van der Waals surface area contributed by atoms with Crippen LogP contribution in [0.25, 0.3) is 0 Å². The van der Waals surface area contributed by atoms with Gasteiger partial charge in [0.05, 0.1) is 6.54 Å². The SMILES string of the molecule is CNc1ccc(C(=O)NCc2ccon2)cc1C. The quantitative estimate of drug-likeness (QED) is 0.864. The number of amides is 1. The summed E-state index contributed by atoms with van der Waals surface area (Å²) in [4.78, 5) is 11.9. The topological polar surface area (TPSA) is 67.2 Å². The van der Waals surface area contributed by atoms with Gasteiger partial charge >= 0.3 is 0 Å². The number of carbonyl (C=O) groups is 1. The molecule has 0 radical (unpaired) electrons. The van der Waals surface area contributed by atoms with Crippen molar-refractivity contribution < 1.29 is 9.32 Å². The fourth-order valence-electron chi connectivity index (χ4n) is 1.69. The van der Waals surface area contributed by atoms with Gasteiger partial charge in [-0.15, -0.1) is 0 Å². The Balaban J connectivity index is 2.02. The molecule has 1 aromatic heterocycles. The lowest BCUT2D eigenvalue weighted by atomic mass is 10.1. The fourth-order valence-corrected chi connectivity index (χ4v) is 1.69. The molecule has 2 N–H and O–H groups in total. The van der Waals surface area contributed by atoms with Gasteiger partial charge in [0.2, 0.25) is 0 Å². The molecule has 2 aromatic rings. The van der Waals surface area contributed by atoms with Gasteiger partial charge in [-0.2, -0.15) is 0 Å². The van der Waals surface area contributed by atoms with Crippen LogP contribution < -0.4 is 10.6 Å². The number of aryl methyl sites for hydroxylation is 1. The average Bonchev–Trinajstić information content (AvgIpc) is 2.89. The summed E-state index contributed by atoms with van der Waals surface area (Å²) in [5.41, 5.74) is 3.39. The molecule has 0 bridgehead atoms. The van der Waals surface area contributed by atoms with Crippen molar-refractivity contribution in [2.75, 3.05) is 12.4 Å². The van der Waals surface area contributed by atoms with Gasteiger partial charge in [-0.3, -0.25) is 4.79 Å². The summed E-state index contributed by atoms with van der Waals surface area (Å²) in [6.45, 7) is 2.32. The molecule has 0 unspecified atom stereocenters. The van der Waals surface area contributed by atoms with E-state index in [1.54, 1.807) is 12.1 Å². The Morgan fingerprint density at radius 2 is 2.22 bits per heavy atom. The van der Waals surface area contributed by atoms with Gasteiger partial charge in [-0.25, -0.2) is 0 Å². The first-order chi connectivity index (χ1) is 8.70. The maximum absolute atomic E-state index is 11.9. The predicted octanol–water partition coefficient (Wildman–Crippen LogP) is 1.95. The Morgan fingerprint density at radius 3 is 2.83 bits per heavy atom. The van der Waals surface area contributed by atoms with E-state index >= 15 is 0 Å². The van der Waals surface area contributed by atoms with Crippen LogP contribution in [-0.2, 0) is 6.54 Å². The maximum Gasteiger partial charge on any atom is 0.251 e. The van der Waals surface area contributed by atoms with E-state index in [0.29, 0.717) is 17.8 Å². The van der Waals surface area contributed by atoms with Crippen molar-refractivity contribution >= 4 is 11.6 Å². The summed E-state index contributed by atoms with van der Waals surface area (Å²) in [5, 5.41) is 9.57. The lowest BCUT2D eigenvalue weighted by Gasteiger charge is -2.08. The molecule has 1 aromatic carbocycles. The monoisotopic (exact) mass is 245 g/mol. The summed E-state index contributed by atoms with van der Waals surface area (Å²) in [7, 11) is 1.85. The van der Waals surface area contributed by atoms with Crippen molar-refractivity contribution in [3.05, 3.63) is 47.3 Å². The van der Waals surface area contributed by atoms with Crippen LogP contribution in [0.15, 0.2) is 35.1 Å². The van der Waals surface area contributed by atoms with Crippen LogP contribution in [0.4, 0.5) is 5.69 Å². The van der Waals surface area contributed by atoms with Crippen LogP contribution in [0.3, 0.4) is 0 Å². The molecule has 5 nitrogen and oxygen atoms in total. The van der Waals surface area contributed by atoms with E-state index in [1.165, 1.54) is 6.26 Å². The van der Waals surface area contributed by atoms with E-state index in [2.05, 4.69) is 15.8 Å². The Morgan fingerprint density at radius 1 is 1.39 bits per heavy atom. The standard InChI is InChI=1S/C13H15N3O2/c1-9-7-10(3-4-12(9)14-2)13(17)15-8-11-5-6-18-16-11/h3-7,14H,8H2,1-2H3,(H,15,17). The van der Waals surface area contributed by atoms with Crippen LogP contribution in [0.1, 0.15) is 21.6 Å². The highest BCUT2D eigenvalue weighted by molar-refractivity contribution is 5.94. The number of nitrogens with one attached hydrogen (secondary N) is 2. The molecule has 0 saturated carbocycles. The van der Waals surface area contributed by atoms with E-state index in [9.17, 15) is 4.79 Å². The highest BCUT2D eigenvalue weighted by Gasteiger charge is 2.07. The third-order valence-corrected chi connectivity index (χ3v) is 2.68. The maximum atomic E-state index is 11.9. The molecule has 0 aliphatic carbocycles. The van der Waals surface area contributed by atoms with Crippen LogP contribution in [0, 0.1) is 6.92 Å². The van der Waals surface area contributed by atoms with Crippen molar-refractivity contribution in [1.29, 1.82) is 0 Å². The summed E-state index contributed by atoms with van der Waals surface area (Å²) in [6, 6.07) is 7.25. The van der Waals surface area contributed by atoms with E-state index < -0.39 is 0 Å². The van der Waals surface area contributed by atoms with Gasteiger partial charge in [0.15, 0.2) is 0 Å². The number of hydrogen-bond acceptors (Lipinski definition) is 4. The molecule has 0 fully saturated rings. The Bertz CT molecular complexity index is 535. The number of rotatable bonds is 4. The van der Waals surface area contributed by atoms with Crippen LogP contribution in [0.5, 0.6) is 0 Å². The number of anilines is 1. The number of nitrogens with zero attached hydrogens (tertiary/aromatic N) is 1. The molecule has 0 atom stereocenters. The highest BCUT2D eigenvalue weighted by Crippen LogP contribution is 2.15. The van der Waals surface area contributed by atoms with Crippen LogP contribution in [-0.4, -0.2) is 18.1 Å². The molecule has 0 aliphatic heterocycles. The van der Waals surface area contributed by atoms with Gasteiger partial charge < -0.3 is 15.2 Å². The molecular weight excluding hydrogens is 230 g/mol. The zero-order chi connectivity index (χ0) is 13.0. The highest BCUT2D eigenvalue weighted by atomic mass is 16.5. The smallest absolute Gasteiger partial charge is 0.251 e. The molecule has 1 amide bonds. The van der Waals surface area contributed by atoms with E-state index in [0.717, 1.165) is 11.3 Å². The van der Waals surface area contributed by atoms with Crippen molar-refractivity contribution in [3.63, 3.8) is 0 Å². The van der Waals surface area contributed by atoms with Crippen LogP contribution >= 0.6 is 0 Å². The molecular formula is C13H15N3O2. The third-order valence-electron chi connectivity index (χ3n) is 2.68. The number of carbonyl (C=O) groups excluding carboxylic acids is 1. The molecule has 0 saturated heterocycles. The second-order valence-electron chi connectivity index (χ2n) is 3.95. The van der Waals surface area contributed by atoms with Gasteiger partial charge in [0, 0.05) is 24.4 Å². The summed E-state index contributed by atoms with van der Waals surface area (Å²) in [5.74, 6) is -0.122. The average molecular weight is 245 g/mol. The minimum Gasteiger partial charge on any atom is -0.388 e. The zero-order valence-electron chi connectivity index (χ0n) is 10.4. The lowest BCUT2D eigenvalue weighted by Crippen LogP contribution is -2.23. The van der Waals surface area contributed by atoms with Crippen molar-refractivity contribution in [2.24, 2.45) is 0 Å². The largest absolute Gasteiger partial charge is 0.388 e. The second kappa shape index (κ2) is 5.35. The van der Waals surface area contributed by atoms with Gasteiger partial charge in [0.1, 0.15) is 12.0 Å². The number of hydrogen-bond donors (Lipinski definition) is 2. The van der Waals surface area contributed by atoms with Gasteiger partial charge in [-0.1, -0.05) is 5.16 Å². The summed E-state index contributed by atoms with van der Waals surface area (Å²) in [6.07, 6.45) is 1.48. The van der Waals surface area contributed by atoms with Crippen LogP contribution in [0.2, 0.25) is 0 Å². The zero-order valence-corrected chi connectivity index (χ0v) is 10.4. The van der Waals surface area contributed by atoms with E-state index in [-0.39, 0.29) is 5.91 Å². The van der Waals surface area contributed by atoms with Crippen molar-refractivity contribution in [3.8, 4) is 0 Å². The van der Waals surface area contributed by atoms with E-state index in [4.69, 9.17) is 4.52 Å². The molecule has 1 heterocycles. The lowest BCUT2D eigenvalue weighted by molar-refractivity contribution is 0.0950. The Hall–Kier alpha value is -2.30. The number of aromatic nitrogens is 1. The molecule has 2 rings (SSSR count). The first kappa shape index (κ1) is 12.2. The minimum absolute atomic E-state index is 0.122. The molecule has 0 spiro atoms. The van der Waals surface area contributed by atoms with Gasteiger partial charge in [0.25, 0.3) is 5.91 Å². The number of benzene rings is 1. The molecule has 18 heavy (non-hydrogen) atoms. The van der Waals surface area contributed by atoms with Crippen molar-refractivity contribution in [1.82, 2.24) is 10.5 Å². The first-order valence-electron chi connectivity index (χ1n) is 5.66. The van der Waals surface area contributed by atoms with Gasteiger partial charge in [-0.05, 0) is 30.7 Å². The Kier molecular flexibility index (Phi) is 3.62. The predicted molar refractivity (Wildman–Crippen MR) is 68.4 cm³/mol. The second-order valence-corrected chi connectivity index (χ2v) is 3.95. The fraction of sp³-hybridized carbons (Fsp3) is 0.231. The minimum atomic E-state index is -0.122. The summed E-state index contributed by atoms with van der Waals surface area (Å²) < 4.78 is 4.69. The summed E-state index contributed by atoms with van der Waals surface area (Å²) >= 11 is 0. The third kappa shape index (κ3) is 2.68.